The number of rotatable bonds is 3. The van der Waals surface area contributed by atoms with Crippen molar-refractivity contribution in [2.75, 3.05) is 19.1 Å². The number of fused-ring (bicyclic) bond motifs is 1. The molecule has 4 nitrogen and oxygen atoms in total. The maximum atomic E-state index is 13.8. The van der Waals surface area contributed by atoms with Crippen molar-refractivity contribution in [3.05, 3.63) is 54.5 Å². The lowest BCUT2D eigenvalue weighted by atomic mass is 10.1. The van der Waals surface area contributed by atoms with Crippen molar-refractivity contribution in [3.8, 4) is 5.75 Å². The summed E-state index contributed by atoms with van der Waals surface area (Å²) >= 11 is 0. The highest BCUT2D eigenvalue weighted by molar-refractivity contribution is 5.93. The predicted octanol–water partition coefficient (Wildman–Crippen LogP) is 3.55. The van der Waals surface area contributed by atoms with Gasteiger partial charge in [0.25, 0.3) is 0 Å². The van der Waals surface area contributed by atoms with E-state index in [4.69, 9.17) is 4.74 Å². The van der Waals surface area contributed by atoms with E-state index in [9.17, 15) is 4.39 Å². The molecule has 0 aliphatic carbocycles. The molecule has 3 rings (SSSR count). The average Bonchev–Trinajstić information content (AvgIpc) is 2.54. The van der Waals surface area contributed by atoms with Crippen molar-refractivity contribution in [2.45, 2.75) is 0 Å². The number of anilines is 2. The summed E-state index contributed by atoms with van der Waals surface area (Å²) in [5.41, 5.74) is 0.918. The highest BCUT2D eigenvalue weighted by atomic mass is 19.1. The van der Waals surface area contributed by atoms with E-state index in [2.05, 4.69) is 10.2 Å². The van der Waals surface area contributed by atoms with E-state index in [1.54, 1.807) is 13.2 Å². The van der Waals surface area contributed by atoms with Gasteiger partial charge in [0.2, 0.25) is 0 Å². The molecule has 106 valence electrons. The van der Waals surface area contributed by atoms with Crippen molar-refractivity contribution in [2.24, 2.45) is 0 Å². The number of aromatic nitrogens is 2. The van der Waals surface area contributed by atoms with Gasteiger partial charge >= 0.3 is 0 Å². The molecule has 3 aromatic rings. The molecule has 1 heterocycles. The van der Waals surface area contributed by atoms with E-state index >= 15 is 0 Å². The molecule has 0 unspecified atom stereocenters. The molecule has 0 saturated heterocycles. The van der Waals surface area contributed by atoms with Gasteiger partial charge in [-0.3, -0.25) is 0 Å². The van der Waals surface area contributed by atoms with Gasteiger partial charge in [-0.1, -0.05) is 12.1 Å². The Morgan fingerprint density at radius 1 is 1.05 bits per heavy atom. The molecular weight excluding hydrogens is 269 g/mol. The molecule has 0 aliphatic rings. The highest BCUT2D eigenvalue weighted by Gasteiger charge is 2.12. The number of nitrogens with zero attached hydrogens (tertiary/aromatic N) is 3. The Balaban J connectivity index is 2.08. The maximum Gasteiger partial charge on any atom is 0.163 e. The highest BCUT2D eigenvalue weighted by Crippen LogP contribution is 2.30. The zero-order chi connectivity index (χ0) is 14.8. The first-order valence-electron chi connectivity index (χ1n) is 6.48. The van der Waals surface area contributed by atoms with Crippen LogP contribution in [0.4, 0.5) is 15.9 Å². The minimum Gasteiger partial charge on any atom is -0.497 e. The monoisotopic (exact) mass is 283 g/mol. The molecule has 0 spiro atoms. The van der Waals surface area contributed by atoms with Gasteiger partial charge < -0.3 is 9.64 Å². The molecule has 21 heavy (non-hydrogen) atoms. The molecule has 0 amide bonds. The summed E-state index contributed by atoms with van der Waals surface area (Å²) in [5, 5.41) is 9.23. The van der Waals surface area contributed by atoms with Crippen LogP contribution in [0, 0.1) is 5.82 Å². The fourth-order valence-electron chi connectivity index (χ4n) is 2.23. The Bertz CT molecular complexity index is 774. The first-order valence-corrected chi connectivity index (χ1v) is 6.48. The Kier molecular flexibility index (Phi) is 3.39. The Hall–Kier alpha value is -2.69. The predicted molar refractivity (Wildman–Crippen MR) is 80.6 cm³/mol. The van der Waals surface area contributed by atoms with E-state index < -0.39 is 0 Å². The van der Waals surface area contributed by atoms with Gasteiger partial charge in [-0.2, -0.15) is 5.10 Å². The van der Waals surface area contributed by atoms with Gasteiger partial charge in [-0.05, 0) is 30.3 Å². The van der Waals surface area contributed by atoms with Crippen LogP contribution in [0.5, 0.6) is 5.75 Å². The third kappa shape index (κ3) is 2.38. The van der Waals surface area contributed by atoms with Crippen molar-refractivity contribution < 1.29 is 9.13 Å². The second-order valence-corrected chi connectivity index (χ2v) is 4.63. The van der Waals surface area contributed by atoms with Gasteiger partial charge in [-0.15, -0.1) is 5.10 Å². The van der Waals surface area contributed by atoms with Crippen LogP contribution in [0.25, 0.3) is 10.8 Å². The normalized spacial score (nSPS) is 10.6. The SMILES string of the molecule is COc1ccc(N(C)c2nncc3c(F)cccc23)cc1. The summed E-state index contributed by atoms with van der Waals surface area (Å²) in [6, 6.07) is 12.5. The minimum atomic E-state index is -0.299. The average molecular weight is 283 g/mol. The lowest BCUT2D eigenvalue weighted by molar-refractivity contribution is 0.415. The third-order valence-electron chi connectivity index (χ3n) is 3.41. The van der Waals surface area contributed by atoms with E-state index in [0.29, 0.717) is 11.2 Å². The van der Waals surface area contributed by atoms with Crippen LogP contribution in [-0.2, 0) is 0 Å². The molecule has 0 fully saturated rings. The van der Waals surface area contributed by atoms with Crippen LogP contribution >= 0.6 is 0 Å². The van der Waals surface area contributed by atoms with Gasteiger partial charge in [0.15, 0.2) is 5.82 Å². The standard InChI is InChI=1S/C16H14FN3O/c1-20(11-6-8-12(21-2)9-7-11)16-13-4-3-5-15(17)14(13)10-18-19-16/h3-10H,1-2H3. The quantitative estimate of drug-likeness (QED) is 0.737. The fraction of sp³-hybridized carbons (Fsp3) is 0.125. The lowest BCUT2D eigenvalue weighted by Crippen LogP contribution is -2.12. The van der Waals surface area contributed by atoms with Gasteiger partial charge in [0, 0.05) is 23.5 Å². The van der Waals surface area contributed by atoms with Crippen LogP contribution in [0.2, 0.25) is 0 Å². The zero-order valence-corrected chi connectivity index (χ0v) is 11.7. The van der Waals surface area contributed by atoms with E-state index in [1.807, 2.05) is 42.3 Å². The first kappa shape index (κ1) is 13.3. The summed E-state index contributed by atoms with van der Waals surface area (Å²) in [5.74, 6) is 1.09. The van der Waals surface area contributed by atoms with Crippen LogP contribution in [0.3, 0.4) is 0 Å². The van der Waals surface area contributed by atoms with Crippen LogP contribution in [0.15, 0.2) is 48.7 Å². The van der Waals surface area contributed by atoms with E-state index in [-0.39, 0.29) is 5.82 Å². The van der Waals surface area contributed by atoms with Crippen molar-refractivity contribution in [3.63, 3.8) is 0 Å². The van der Waals surface area contributed by atoms with Crippen molar-refractivity contribution in [1.82, 2.24) is 10.2 Å². The van der Waals surface area contributed by atoms with Gasteiger partial charge in [-0.25, -0.2) is 4.39 Å². The Labute approximate surface area is 121 Å². The Morgan fingerprint density at radius 3 is 2.52 bits per heavy atom. The van der Waals surface area contributed by atoms with Crippen LogP contribution < -0.4 is 9.64 Å². The number of ether oxygens (including phenoxy) is 1. The largest absolute Gasteiger partial charge is 0.497 e. The number of methoxy groups -OCH3 is 1. The number of hydrogen-bond donors (Lipinski definition) is 0. The molecule has 5 heteroatoms. The molecule has 0 saturated carbocycles. The summed E-state index contributed by atoms with van der Waals surface area (Å²) in [4.78, 5) is 1.87. The lowest BCUT2D eigenvalue weighted by Gasteiger charge is -2.19. The zero-order valence-electron chi connectivity index (χ0n) is 11.7. The summed E-state index contributed by atoms with van der Waals surface area (Å²) in [6.45, 7) is 0. The second-order valence-electron chi connectivity index (χ2n) is 4.63. The molecule has 0 radical (unpaired) electrons. The Morgan fingerprint density at radius 2 is 1.81 bits per heavy atom. The molecule has 0 N–H and O–H groups in total. The summed E-state index contributed by atoms with van der Waals surface area (Å²) < 4.78 is 19.0. The maximum absolute atomic E-state index is 13.8. The van der Waals surface area contributed by atoms with Crippen LogP contribution in [-0.4, -0.2) is 24.4 Å². The molecule has 1 aromatic heterocycles. The smallest absolute Gasteiger partial charge is 0.163 e. The first-order chi connectivity index (χ1) is 10.2. The molecular formula is C16H14FN3O. The van der Waals surface area contributed by atoms with Gasteiger partial charge in [0.05, 0.1) is 13.3 Å². The number of halogens is 1. The third-order valence-corrected chi connectivity index (χ3v) is 3.41. The van der Waals surface area contributed by atoms with E-state index in [0.717, 1.165) is 16.8 Å². The van der Waals surface area contributed by atoms with Crippen molar-refractivity contribution >= 4 is 22.3 Å². The van der Waals surface area contributed by atoms with Crippen molar-refractivity contribution in [1.29, 1.82) is 0 Å². The number of hydrogen-bond acceptors (Lipinski definition) is 4. The number of benzene rings is 2. The molecule has 2 aromatic carbocycles. The molecule has 0 bridgehead atoms. The summed E-state index contributed by atoms with van der Waals surface area (Å²) in [7, 11) is 3.49. The fourth-order valence-corrected chi connectivity index (χ4v) is 2.23. The van der Waals surface area contributed by atoms with E-state index in [1.165, 1.54) is 12.3 Å². The topological polar surface area (TPSA) is 38.2 Å². The minimum absolute atomic E-state index is 0.299. The molecule has 0 aliphatic heterocycles. The summed E-state index contributed by atoms with van der Waals surface area (Å²) in [6.07, 6.45) is 1.44. The second kappa shape index (κ2) is 5.36. The molecule has 0 atom stereocenters. The van der Waals surface area contributed by atoms with Gasteiger partial charge in [0.1, 0.15) is 11.6 Å². The van der Waals surface area contributed by atoms with Crippen LogP contribution in [0.1, 0.15) is 0 Å².